The summed E-state index contributed by atoms with van der Waals surface area (Å²) >= 11 is 5.71. The SMILES string of the molecule is CC(C)Cc1nc(C(=O)N[C@@H](CCCN=C(N)CCl)C(=O)NCc2ccccc2)cc2c1[nH]c1ccccc12. The number of aliphatic imine (C=N–C) groups is 1. The fraction of sp³-hybridized carbons (Fsp3) is 0.333. The van der Waals surface area contributed by atoms with Crippen molar-refractivity contribution in [1.82, 2.24) is 20.6 Å². The lowest BCUT2D eigenvalue weighted by molar-refractivity contribution is -0.123. The number of benzene rings is 2. The number of nitrogens with two attached hydrogens (primary N) is 1. The van der Waals surface area contributed by atoms with E-state index in [1.807, 2.05) is 54.6 Å². The Bertz CT molecular complexity index is 1460. The van der Waals surface area contributed by atoms with Crippen LogP contribution in [0.2, 0.25) is 0 Å². The molecule has 5 N–H and O–H groups in total. The van der Waals surface area contributed by atoms with Gasteiger partial charge in [-0.25, -0.2) is 4.98 Å². The summed E-state index contributed by atoms with van der Waals surface area (Å²) in [6.07, 6.45) is 1.65. The number of para-hydroxylation sites is 1. The average Bonchev–Trinajstić information content (AvgIpc) is 3.32. The Morgan fingerprint density at radius 3 is 2.56 bits per heavy atom. The van der Waals surface area contributed by atoms with Gasteiger partial charge in [0.05, 0.1) is 17.1 Å². The fourth-order valence-corrected chi connectivity index (χ4v) is 4.62. The predicted molar refractivity (Wildman–Crippen MR) is 158 cm³/mol. The zero-order valence-corrected chi connectivity index (χ0v) is 23.1. The molecular formula is C30H35ClN6O2. The first-order valence-electron chi connectivity index (χ1n) is 13.2. The van der Waals surface area contributed by atoms with Crippen molar-refractivity contribution in [3.05, 3.63) is 77.6 Å². The number of carbonyl (C=O) groups is 2. The average molecular weight is 547 g/mol. The summed E-state index contributed by atoms with van der Waals surface area (Å²) in [4.78, 5) is 39.1. The molecule has 1 atom stereocenters. The van der Waals surface area contributed by atoms with Gasteiger partial charge in [0.15, 0.2) is 0 Å². The Morgan fingerprint density at radius 1 is 1.08 bits per heavy atom. The van der Waals surface area contributed by atoms with E-state index in [4.69, 9.17) is 22.3 Å². The number of amidine groups is 1. The quantitative estimate of drug-likeness (QED) is 0.0888. The monoisotopic (exact) mass is 546 g/mol. The van der Waals surface area contributed by atoms with Crippen molar-refractivity contribution >= 4 is 51.1 Å². The molecule has 0 aliphatic heterocycles. The number of nitrogens with one attached hydrogen (secondary N) is 3. The first-order valence-corrected chi connectivity index (χ1v) is 13.8. The van der Waals surface area contributed by atoms with Crippen molar-refractivity contribution in [2.24, 2.45) is 16.6 Å². The maximum absolute atomic E-state index is 13.5. The van der Waals surface area contributed by atoms with Crippen LogP contribution in [-0.2, 0) is 17.8 Å². The molecule has 0 bridgehead atoms. The molecule has 2 aromatic heterocycles. The van der Waals surface area contributed by atoms with Crippen LogP contribution in [-0.4, -0.2) is 46.1 Å². The van der Waals surface area contributed by atoms with Crippen molar-refractivity contribution in [2.75, 3.05) is 12.4 Å². The molecule has 0 fully saturated rings. The lowest BCUT2D eigenvalue weighted by atomic mass is 10.0. The Kier molecular flexibility index (Phi) is 9.54. The van der Waals surface area contributed by atoms with Gasteiger partial charge in [-0.15, -0.1) is 11.6 Å². The van der Waals surface area contributed by atoms with Crippen LogP contribution in [0, 0.1) is 5.92 Å². The van der Waals surface area contributed by atoms with Gasteiger partial charge in [0.25, 0.3) is 5.91 Å². The summed E-state index contributed by atoms with van der Waals surface area (Å²) < 4.78 is 0. The van der Waals surface area contributed by atoms with E-state index in [9.17, 15) is 9.59 Å². The van der Waals surface area contributed by atoms with Crippen molar-refractivity contribution in [2.45, 2.75) is 45.7 Å². The Morgan fingerprint density at radius 2 is 1.82 bits per heavy atom. The number of rotatable bonds is 12. The van der Waals surface area contributed by atoms with Gasteiger partial charge in [-0.1, -0.05) is 62.4 Å². The highest BCUT2D eigenvalue weighted by Gasteiger charge is 2.23. The normalized spacial score (nSPS) is 12.7. The number of nitrogens with zero attached hydrogens (tertiary/aromatic N) is 2. The summed E-state index contributed by atoms with van der Waals surface area (Å²) in [5.74, 6) is 0.189. The van der Waals surface area contributed by atoms with Crippen molar-refractivity contribution in [1.29, 1.82) is 0 Å². The molecule has 0 spiro atoms. The Labute approximate surface area is 233 Å². The summed E-state index contributed by atoms with van der Waals surface area (Å²) in [7, 11) is 0. The zero-order chi connectivity index (χ0) is 27.8. The molecule has 0 saturated heterocycles. The predicted octanol–water partition coefficient (Wildman–Crippen LogP) is 4.71. The number of hydrogen-bond donors (Lipinski definition) is 4. The van der Waals surface area contributed by atoms with E-state index in [0.29, 0.717) is 44.1 Å². The lowest BCUT2D eigenvalue weighted by Crippen LogP contribution is -2.46. The van der Waals surface area contributed by atoms with Crippen LogP contribution in [0.3, 0.4) is 0 Å². The van der Waals surface area contributed by atoms with E-state index >= 15 is 0 Å². The van der Waals surface area contributed by atoms with Crippen LogP contribution in [0.4, 0.5) is 0 Å². The molecular weight excluding hydrogens is 512 g/mol. The first-order chi connectivity index (χ1) is 18.9. The standard InChI is InChI=1S/C30H35ClN6O2/c1-19(2)15-25-28-22(21-11-6-7-12-23(21)36-28)16-26(35-25)30(39)37-24(13-8-14-33-27(32)17-31)29(38)34-18-20-9-4-3-5-10-20/h3-7,9-12,16,19,24,36H,8,13-15,17-18H2,1-2H3,(H2,32,33)(H,34,38)(H,37,39)/t24-/m0/s1. The lowest BCUT2D eigenvalue weighted by Gasteiger charge is -2.19. The van der Waals surface area contributed by atoms with Crippen LogP contribution in [0.5, 0.6) is 0 Å². The van der Waals surface area contributed by atoms with Gasteiger partial charge in [-0.3, -0.25) is 14.6 Å². The second-order valence-electron chi connectivity index (χ2n) is 10.0. The van der Waals surface area contributed by atoms with E-state index < -0.39 is 11.9 Å². The third-order valence-corrected chi connectivity index (χ3v) is 6.71. The second kappa shape index (κ2) is 13.2. The number of pyridine rings is 1. The molecule has 2 aromatic carbocycles. The summed E-state index contributed by atoms with van der Waals surface area (Å²) in [6.45, 7) is 5.02. The number of alkyl halides is 1. The van der Waals surface area contributed by atoms with Gasteiger partial charge < -0.3 is 21.4 Å². The molecule has 0 aliphatic carbocycles. The van der Waals surface area contributed by atoms with Gasteiger partial charge in [0.2, 0.25) is 5.91 Å². The van der Waals surface area contributed by atoms with Gasteiger partial charge in [-0.2, -0.15) is 0 Å². The minimum atomic E-state index is -0.761. The van der Waals surface area contributed by atoms with E-state index in [-0.39, 0.29) is 17.5 Å². The Hall–Kier alpha value is -3.91. The van der Waals surface area contributed by atoms with Gasteiger partial charge in [-0.05, 0) is 42.9 Å². The van der Waals surface area contributed by atoms with Crippen LogP contribution < -0.4 is 16.4 Å². The molecule has 4 rings (SSSR count). The maximum Gasteiger partial charge on any atom is 0.270 e. The van der Waals surface area contributed by atoms with E-state index in [1.165, 1.54) is 0 Å². The van der Waals surface area contributed by atoms with Crippen molar-refractivity contribution in [3.8, 4) is 0 Å². The van der Waals surface area contributed by atoms with Gasteiger partial charge in [0.1, 0.15) is 17.6 Å². The molecule has 4 aromatic rings. The highest BCUT2D eigenvalue weighted by Crippen LogP contribution is 2.28. The largest absolute Gasteiger partial charge is 0.386 e. The molecule has 9 heteroatoms. The van der Waals surface area contributed by atoms with Crippen LogP contribution >= 0.6 is 11.6 Å². The minimum absolute atomic E-state index is 0.151. The van der Waals surface area contributed by atoms with E-state index in [2.05, 4.69) is 34.5 Å². The summed E-state index contributed by atoms with van der Waals surface area (Å²) in [6, 6.07) is 18.7. The number of halogens is 1. The van der Waals surface area contributed by atoms with Crippen LogP contribution in [0.1, 0.15) is 48.4 Å². The van der Waals surface area contributed by atoms with Crippen molar-refractivity contribution in [3.63, 3.8) is 0 Å². The van der Waals surface area contributed by atoms with Crippen LogP contribution in [0.15, 0.2) is 65.7 Å². The number of carbonyl (C=O) groups excluding carboxylic acids is 2. The maximum atomic E-state index is 13.5. The number of H-pyrrole nitrogens is 1. The smallest absolute Gasteiger partial charge is 0.270 e. The first kappa shape index (κ1) is 28.1. The molecule has 0 aliphatic rings. The number of aromatic nitrogens is 2. The number of hydrogen-bond acceptors (Lipinski definition) is 4. The van der Waals surface area contributed by atoms with Crippen LogP contribution in [0.25, 0.3) is 21.8 Å². The zero-order valence-electron chi connectivity index (χ0n) is 22.3. The summed E-state index contributed by atoms with van der Waals surface area (Å²) in [5, 5.41) is 7.84. The van der Waals surface area contributed by atoms with E-state index in [0.717, 1.165) is 33.1 Å². The fourth-order valence-electron chi connectivity index (χ4n) is 4.53. The molecule has 0 unspecified atom stereocenters. The summed E-state index contributed by atoms with van der Waals surface area (Å²) in [5.41, 5.74) is 9.72. The molecule has 2 amide bonds. The topological polar surface area (TPSA) is 125 Å². The molecule has 39 heavy (non-hydrogen) atoms. The molecule has 2 heterocycles. The molecule has 0 radical (unpaired) electrons. The Balaban J connectivity index is 1.58. The highest BCUT2D eigenvalue weighted by molar-refractivity contribution is 6.27. The third-order valence-electron chi connectivity index (χ3n) is 6.44. The van der Waals surface area contributed by atoms with Gasteiger partial charge >= 0.3 is 0 Å². The number of fused-ring (bicyclic) bond motifs is 3. The highest BCUT2D eigenvalue weighted by atomic mass is 35.5. The van der Waals surface area contributed by atoms with E-state index in [1.54, 1.807) is 6.07 Å². The second-order valence-corrected chi connectivity index (χ2v) is 10.3. The molecule has 0 saturated carbocycles. The number of aromatic amines is 1. The third kappa shape index (κ3) is 7.35. The van der Waals surface area contributed by atoms with Crippen molar-refractivity contribution < 1.29 is 9.59 Å². The molecule has 204 valence electrons. The minimum Gasteiger partial charge on any atom is -0.386 e. The number of amides is 2. The molecule has 8 nitrogen and oxygen atoms in total. The van der Waals surface area contributed by atoms with Gasteiger partial charge in [0, 0.05) is 29.4 Å².